The molecule has 0 atom stereocenters. The zero-order valence-electron chi connectivity index (χ0n) is 12.9. The van der Waals surface area contributed by atoms with Crippen LogP contribution in [-0.2, 0) is 17.8 Å². The molecule has 0 aliphatic carbocycles. The Hall–Kier alpha value is -3.14. The fraction of sp³-hybridized carbons (Fsp3) is 0.100. The molecule has 4 heteroatoms. The maximum Gasteiger partial charge on any atom is 0.317 e. The summed E-state index contributed by atoms with van der Waals surface area (Å²) >= 11 is 0. The van der Waals surface area contributed by atoms with E-state index in [-0.39, 0.29) is 18.2 Å². The number of rotatable bonds is 4. The van der Waals surface area contributed by atoms with Crippen molar-refractivity contribution in [3.05, 3.63) is 89.2 Å². The van der Waals surface area contributed by atoms with Gasteiger partial charge >= 0.3 is 5.97 Å². The van der Waals surface area contributed by atoms with Gasteiger partial charge in [-0.2, -0.15) is 0 Å². The maximum absolute atomic E-state index is 12.9. The Morgan fingerprint density at radius 2 is 1.67 bits per heavy atom. The van der Waals surface area contributed by atoms with Crippen LogP contribution in [0.3, 0.4) is 0 Å². The highest BCUT2D eigenvalue weighted by Crippen LogP contribution is 2.32. The number of ether oxygens (including phenoxy) is 1. The van der Waals surface area contributed by atoms with Gasteiger partial charge in [0, 0.05) is 18.2 Å². The molecule has 3 aromatic rings. The highest BCUT2D eigenvalue weighted by Gasteiger charge is 2.29. The SMILES string of the molecule is O=C1Cc2c(cc(C(=O)c3ccccc3)n2Cc2ccccc2)O1. The van der Waals surface area contributed by atoms with Crippen LogP contribution in [0.1, 0.15) is 27.3 Å². The molecule has 2 aromatic carbocycles. The lowest BCUT2D eigenvalue weighted by Gasteiger charge is -2.11. The lowest BCUT2D eigenvalue weighted by Crippen LogP contribution is -2.14. The summed E-state index contributed by atoms with van der Waals surface area (Å²) in [7, 11) is 0. The predicted molar refractivity (Wildman–Crippen MR) is 89.2 cm³/mol. The largest absolute Gasteiger partial charge is 0.424 e. The van der Waals surface area contributed by atoms with E-state index in [0.29, 0.717) is 23.6 Å². The van der Waals surface area contributed by atoms with E-state index in [4.69, 9.17) is 4.74 Å². The standard InChI is InChI=1S/C20H15NO3/c22-19-12-16-18(24-19)11-17(20(23)15-9-5-2-6-10-15)21(16)13-14-7-3-1-4-8-14/h1-11H,12-13H2. The van der Waals surface area contributed by atoms with Gasteiger partial charge in [-0.25, -0.2) is 0 Å². The number of carbonyl (C=O) groups excluding carboxylic acids is 2. The van der Waals surface area contributed by atoms with Crippen LogP contribution in [0.2, 0.25) is 0 Å². The minimum Gasteiger partial charge on any atom is -0.424 e. The molecule has 0 bridgehead atoms. The molecule has 0 spiro atoms. The van der Waals surface area contributed by atoms with E-state index < -0.39 is 0 Å². The highest BCUT2D eigenvalue weighted by atomic mass is 16.5. The average Bonchev–Trinajstić information content (AvgIpc) is 3.13. The van der Waals surface area contributed by atoms with E-state index in [1.54, 1.807) is 18.2 Å². The Bertz CT molecular complexity index is 911. The molecular weight excluding hydrogens is 302 g/mol. The molecule has 24 heavy (non-hydrogen) atoms. The second-order valence-corrected chi connectivity index (χ2v) is 5.76. The molecule has 2 heterocycles. The molecular formula is C20H15NO3. The summed E-state index contributed by atoms with van der Waals surface area (Å²) in [4.78, 5) is 24.5. The third kappa shape index (κ3) is 2.52. The van der Waals surface area contributed by atoms with E-state index in [1.165, 1.54) is 0 Å². The summed E-state index contributed by atoms with van der Waals surface area (Å²) in [6.07, 6.45) is 0.199. The molecule has 0 unspecified atom stereocenters. The number of carbonyl (C=O) groups is 2. The smallest absolute Gasteiger partial charge is 0.317 e. The monoisotopic (exact) mass is 317 g/mol. The van der Waals surface area contributed by atoms with Crippen LogP contribution < -0.4 is 4.74 Å². The van der Waals surface area contributed by atoms with Gasteiger partial charge in [-0.1, -0.05) is 60.7 Å². The Labute approximate surface area is 139 Å². The predicted octanol–water partition coefficient (Wildman–Crippen LogP) is 3.23. The molecule has 1 aliphatic rings. The topological polar surface area (TPSA) is 48.3 Å². The van der Waals surface area contributed by atoms with Crippen molar-refractivity contribution in [3.63, 3.8) is 0 Å². The summed E-state index contributed by atoms with van der Waals surface area (Å²) in [5.41, 5.74) is 3.00. The van der Waals surface area contributed by atoms with Crippen LogP contribution in [0.15, 0.2) is 66.7 Å². The normalized spacial score (nSPS) is 12.8. The summed E-state index contributed by atoms with van der Waals surface area (Å²) in [5.74, 6) is 0.146. The van der Waals surface area contributed by atoms with E-state index in [9.17, 15) is 9.59 Å². The lowest BCUT2D eigenvalue weighted by molar-refractivity contribution is -0.131. The lowest BCUT2D eigenvalue weighted by atomic mass is 10.1. The molecule has 0 fully saturated rings. The molecule has 118 valence electrons. The summed E-state index contributed by atoms with van der Waals surface area (Å²) in [5, 5.41) is 0. The third-order valence-corrected chi connectivity index (χ3v) is 4.16. The number of esters is 1. The second kappa shape index (κ2) is 5.81. The van der Waals surface area contributed by atoms with Crippen molar-refractivity contribution < 1.29 is 14.3 Å². The van der Waals surface area contributed by atoms with Gasteiger partial charge in [0.1, 0.15) is 0 Å². The van der Waals surface area contributed by atoms with Crippen molar-refractivity contribution in [2.24, 2.45) is 0 Å². The van der Waals surface area contributed by atoms with Crippen molar-refractivity contribution in [1.82, 2.24) is 4.57 Å². The average molecular weight is 317 g/mol. The summed E-state index contributed by atoms with van der Waals surface area (Å²) in [6.45, 7) is 0.528. The van der Waals surface area contributed by atoms with Gasteiger partial charge < -0.3 is 9.30 Å². The number of ketones is 1. The van der Waals surface area contributed by atoms with Crippen molar-refractivity contribution in [1.29, 1.82) is 0 Å². The second-order valence-electron chi connectivity index (χ2n) is 5.76. The van der Waals surface area contributed by atoms with Gasteiger partial charge in [0.15, 0.2) is 5.75 Å². The Balaban J connectivity index is 1.78. The van der Waals surface area contributed by atoms with Crippen LogP contribution in [0.25, 0.3) is 0 Å². The molecule has 1 aliphatic heterocycles. The first kappa shape index (κ1) is 14.5. The van der Waals surface area contributed by atoms with Crippen LogP contribution in [-0.4, -0.2) is 16.3 Å². The number of benzene rings is 2. The van der Waals surface area contributed by atoms with Crippen LogP contribution in [0.4, 0.5) is 0 Å². The van der Waals surface area contributed by atoms with Gasteiger partial charge in [0.25, 0.3) is 0 Å². The Morgan fingerprint density at radius 1 is 1.00 bits per heavy atom. The van der Waals surface area contributed by atoms with Gasteiger partial charge in [-0.15, -0.1) is 0 Å². The maximum atomic E-state index is 12.9. The van der Waals surface area contributed by atoms with Crippen LogP contribution in [0, 0.1) is 0 Å². The molecule has 0 amide bonds. The number of hydrogen-bond acceptors (Lipinski definition) is 3. The first-order valence-electron chi connectivity index (χ1n) is 7.79. The molecule has 1 aromatic heterocycles. The van der Waals surface area contributed by atoms with E-state index >= 15 is 0 Å². The van der Waals surface area contributed by atoms with Crippen molar-refractivity contribution in [2.45, 2.75) is 13.0 Å². The molecule has 0 N–H and O–H groups in total. The van der Waals surface area contributed by atoms with Gasteiger partial charge in [-0.05, 0) is 5.56 Å². The fourth-order valence-corrected chi connectivity index (χ4v) is 3.00. The molecule has 4 rings (SSSR count). The first-order chi connectivity index (χ1) is 11.7. The van der Waals surface area contributed by atoms with Gasteiger partial charge in [0.2, 0.25) is 5.78 Å². The van der Waals surface area contributed by atoms with Gasteiger partial charge in [-0.3, -0.25) is 9.59 Å². The molecule has 0 radical (unpaired) electrons. The Morgan fingerprint density at radius 3 is 2.38 bits per heavy atom. The van der Waals surface area contributed by atoms with E-state index in [0.717, 1.165) is 11.3 Å². The zero-order chi connectivity index (χ0) is 16.5. The third-order valence-electron chi connectivity index (χ3n) is 4.16. The Kier molecular flexibility index (Phi) is 3.50. The van der Waals surface area contributed by atoms with Gasteiger partial charge in [0.05, 0.1) is 17.8 Å². The quantitative estimate of drug-likeness (QED) is 0.548. The van der Waals surface area contributed by atoms with Crippen molar-refractivity contribution >= 4 is 11.8 Å². The first-order valence-corrected chi connectivity index (χ1v) is 7.79. The molecule has 0 saturated heterocycles. The minimum atomic E-state index is -0.277. The number of aromatic nitrogens is 1. The number of hydrogen-bond donors (Lipinski definition) is 0. The summed E-state index contributed by atoms with van der Waals surface area (Å²) < 4.78 is 7.13. The van der Waals surface area contributed by atoms with Crippen molar-refractivity contribution in [3.8, 4) is 5.75 Å². The van der Waals surface area contributed by atoms with Crippen LogP contribution >= 0.6 is 0 Å². The summed E-state index contributed by atoms with van der Waals surface area (Å²) in [6, 6.07) is 20.7. The van der Waals surface area contributed by atoms with E-state index in [2.05, 4.69) is 0 Å². The molecule has 4 nitrogen and oxygen atoms in total. The van der Waals surface area contributed by atoms with Crippen LogP contribution in [0.5, 0.6) is 5.75 Å². The number of fused-ring (bicyclic) bond motifs is 1. The number of nitrogens with zero attached hydrogens (tertiary/aromatic N) is 1. The van der Waals surface area contributed by atoms with Crippen molar-refractivity contribution in [2.75, 3.05) is 0 Å². The fourth-order valence-electron chi connectivity index (χ4n) is 3.00. The molecule has 0 saturated carbocycles. The van der Waals surface area contributed by atoms with E-state index in [1.807, 2.05) is 53.1 Å². The minimum absolute atomic E-state index is 0.0722. The highest BCUT2D eigenvalue weighted by molar-refractivity contribution is 6.08. The zero-order valence-corrected chi connectivity index (χ0v) is 12.9.